The van der Waals surface area contributed by atoms with Gasteiger partial charge in [-0.25, -0.2) is 12.7 Å². The highest BCUT2D eigenvalue weighted by atomic mass is 32.2. The van der Waals surface area contributed by atoms with E-state index in [-0.39, 0.29) is 17.6 Å². The van der Waals surface area contributed by atoms with Crippen molar-refractivity contribution < 1.29 is 18.3 Å². The third-order valence-corrected chi connectivity index (χ3v) is 5.21. The van der Waals surface area contributed by atoms with Crippen LogP contribution in [0.1, 0.15) is 39.5 Å². The summed E-state index contributed by atoms with van der Waals surface area (Å²) >= 11 is 0. The summed E-state index contributed by atoms with van der Waals surface area (Å²) in [5, 5.41) is 8.63. The fraction of sp³-hybridized carbons (Fsp3) is 0.909. The fourth-order valence-corrected chi connectivity index (χ4v) is 3.47. The molecule has 1 heterocycles. The average Bonchev–Trinajstić information content (AvgIpc) is 2.52. The molecule has 100 valence electrons. The van der Waals surface area contributed by atoms with Gasteiger partial charge in [0.2, 0.25) is 10.0 Å². The first-order chi connectivity index (χ1) is 7.73. The normalized spacial score (nSPS) is 20.6. The summed E-state index contributed by atoms with van der Waals surface area (Å²) in [4.78, 5) is 10.5. The first kappa shape index (κ1) is 14.4. The van der Waals surface area contributed by atoms with Gasteiger partial charge in [-0.3, -0.25) is 4.79 Å². The molecule has 1 fully saturated rings. The minimum Gasteiger partial charge on any atom is -0.481 e. The Bertz CT molecular complexity index is 375. The number of hydrogen-bond acceptors (Lipinski definition) is 3. The highest BCUT2D eigenvalue weighted by molar-refractivity contribution is 7.89. The topological polar surface area (TPSA) is 74.7 Å². The molecule has 17 heavy (non-hydrogen) atoms. The molecular weight excluding hydrogens is 242 g/mol. The Morgan fingerprint density at radius 3 is 2.47 bits per heavy atom. The summed E-state index contributed by atoms with van der Waals surface area (Å²) in [6.45, 7) is 5.09. The Balaban J connectivity index is 2.41. The van der Waals surface area contributed by atoms with E-state index in [1.807, 2.05) is 13.8 Å². The van der Waals surface area contributed by atoms with Gasteiger partial charge in [-0.2, -0.15) is 0 Å². The van der Waals surface area contributed by atoms with Crippen LogP contribution >= 0.6 is 0 Å². The average molecular weight is 263 g/mol. The number of carboxylic acid groups (broad SMARTS) is 1. The SMILES string of the molecule is CC(C)(CCC(=O)O)CCN1CCCS1(=O)=O. The predicted molar refractivity (Wildman–Crippen MR) is 65.2 cm³/mol. The number of sulfonamides is 1. The van der Waals surface area contributed by atoms with Crippen molar-refractivity contribution in [3.05, 3.63) is 0 Å². The zero-order valence-corrected chi connectivity index (χ0v) is 11.3. The third kappa shape index (κ3) is 4.63. The zero-order chi connectivity index (χ0) is 13.1. The van der Waals surface area contributed by atoms with E-state index >= 15 is 0 Å². The number of aliphatic carboxylic acids is 1. The van der Waals surface area contributed by atoms with Crippen molar-refractivity contribution in [2.24, 2.45) is 5.41 Å². The van der Waals surface area contributed by atoms with E-state index in [1.165, 1.54) is 4.31 Å². The molecule has 0 amide bonds. The van der Waals surface area contributed by atoms with Crippen LogP contribution in [0.5, 0.6) is 0 Å². The van der Waals surface area contributed by atoms with Gasteiger partial charge in [-0.1, -0.05) is 13.8 Å². The Labute approximate surface area is 103 Å². The van der Waals surface area contributed by atoms with E-state index in [1.54, 1.807) is 0 Å². The summed E-state index contributed by atoms with van der Waals surface area (Å²) in [6, 6.07) is 0. The second-order valence-electron chi connectivity index (χ2n) is 5.38. The molecule has 1 rings (SSSR count). The highest BCUT2D eigenvalue weighted by Crippen LogP contribution is 2.28. The molecule has 1 aliphatic rings. The molecule has 0 aromatic rings. The number of carbonyl (C=O) groups is 1. The quantitative estimate of drug-likeness (QED) is 0.784. The summed E-state index contributed by atoms with van der Waals surface area (Å²) in [5.41, 5.74) is -0.128. The number of carboxylic acids is 1. The maximum Gasteiger partial charge on any atom is 0.303 e. The van der Waals surface area contributed by atoms with Gasteiger partial charge in [0.15, 0.2) is 0 Å². The van der Waals surface area contributed by atoms with Crippen molar-refractivity contribution in [3.63, 3.8) is 0 Å². The Kier molecular flexibility index (Phi) is 4.55. The van der Waals surface area contributed by atoms with Crippen molar-refractivity contribution in [2.45, 2.75) is 39.5 Å². The van der Waals surface area contributed by atoms with Crippen LogP contribution in [0.15, 0.2) is 0 Å². The zero-order valence-electron chi connectivity index (χ0n) is 10.5. The molecule has 1 saturated heterocycles. The number of hydrogen-bond donors (Lipinski definition) is 1. The van der Waals surface area contributed by atoms with Crippen LogP contribution in [-0.4, -0.2) is 42.6 Å². The van der Waals surface area contributed by atoms with Gasteiger partial charge in [0.05, 0.1) is 5.75 Å². The summed E-state index contributed by atoms with van der Waals surface area (Å²) < 4.78 is 24.7. The summed E-state index contributed by atoms with van der Waals surface area (Å²) in [7, 11) is -3.02. The van der Waals surface area contributed by atoms with Gasteiger partial charge < -0.3 is 5.11 Å². The molecule has 0 aromatic carbocycles. The summed E-state index contributed by atoms with van der Waals surface area (Å²) in [5.74, 6) is -0.547. The van der Waals surface area contributed by atoms with Crippen LogP contribution in [0.25, 0.3) is 0 Å². The lowest BCUT2D eigenvalue weighted by atomic mass is 9.84. The van der Waals surface area contributed by atoms with Crippen LogP contribution in [-0.2, 0) is 14.8 Å². The first-order valence-electron chi connectivity index (χ1n) is 5.93. The lowest BCUT2D eigenvalue weighted by Crippen LogP contribution is -2.30. The monoisotopic (exact) mass is 263 g/mol. The molecule has 1 aliphatic heterocycles. The molecule has 0 radical (unpaired) electrons. The van der Waals surface area contributed by atoms with Gasteiger partial charge in [0.25, 0.3) is 0 Å². The van der Waals surface area contributed by atoms with Crippen molar-refractivity contribution in [1.29, 1.82) is 0 Å². The molecule has 5 nitrogen and oxygen atoms in total. The van der Waals surface area contributed by atoms with Gasteiger partial charge in [0.1, 0.15) is 0 Å². The van der Waals surface area contributed by atoms with E-state index in [0.29, 0.717) is 32.4 Å². The predicted octanol–water partition coefficient (Wildman–Crippen LogP) is 1.30. The molecule has 0 saturated carbocycles. The lowest BCUT2D eigenvalue weighted by Gasteiger charge is -2.26. The molecule has 0 aromatic heterocycles. The van der Waals surface area contributed by atoms with E-state index in [2.05, 4.69) is 0 Å². The Morgan fingerprint density at radius 2 is 2.00 bits per heavy atom. The molecule has 1 N–H and O–H groups in total. The highest BCUT2D eigenvalue weighted by Gasteiger charge is 2.29. The minimum atomic E-state index is -3.02. The minimum absolute atomic E-state index is 0.128. The first-order valence-corrected chi connectivity index (χ1v) is 7.53. The lowest BCUT2D eigenvalue weighted by molar-refractivity contribution is -0.137. The van der Waals surface area contributed by atoms with Crippen LogP contribution in [0.4, 0.5) is 0 Å². The van der Waals surface area contributed by atoms with Crippen molar-refractivity contribution in [3.8, 4) is 0 Å². The molecule has 0 aliphatic carbocycles. The van der Waals surface area contributed by atoms with Crippen LogP contribution in [0.2, 0.25) is 0 Å². The smallest absolute Gasteiger partial charge is 0.303 e. The van der Waals surface area contributed by atoms with Crippen molar-refractivity contribution >= 4 is 16.0 Å². The molecule has 0 bridgehead atoms. The van der Waals surface area contributed by atoms with E-state index in [9.17, 15) is 13.2 Å². The van der Waals surface area contributed by atoms with Crippen LogP contribution in [0.3, 0.4) is 0 Å². The maximum atomic E-state index is 11.6. The maximum absolute atomic E-state index is 11.6. The number of rotatable bonds is 6. The number of nitrogens with zero attached hydrogens (tertiary/aromatic N) is 1. The van der Waals surface area contributed by atoms with Crippen LogP contribution < -0.4 is 0 Å². The van der Waals surface area contributed by atoms with E-state index in [4.69, 9.17) is 5.11 Å². The van der Waals surface area contributed by atoms with E-state index < -0.39 is 16.0 Å². The largest absolute Gasteiger partial charge is 0.481 e. The molecule has 0 unspecified atom stereocenters. The van der Waals surface area contributed by atoms with Gasteiger partial charge >= 0.3 is 5.97 Å². The molecule has 0 spiro atoms. The van der Waals surface area contributed by atoms with Gasteiger partial charge in [-0.15, -0.1) is 0 Å². The van der Waals surface area contributed by atoms with Crippen molar-refractivity contribution in [1.82, 2.24) is 4.31 Å². The Hall–Kier alpha value is -0.620. The molecular formula is C11H21NO4S. The van der Waals surface area contributed by atoms with E-state index in [0.717, 1.165) is 0 Å². The third-order valence-electron chi connectivity index (χ3n) is 3.26. The summed E-state index contributed by atoms with van der Waals surface area (Å²) in [6.07, 6.45) is 2.13. The molecule has 0 atom stereocenters. The fourth-order valence-electron chi connectivity index (χ4n) is 1.94. The second kappa shape index (κ2) is 5.35. The standard InChI is InChI=1S/C11H21NO4S/c1-11(2,5-4-10(13)14)6-8-12-7-3-9-17(12,15)16/h3-9H2,1-2H3,(H,13,14). The Morgan fingerprint density at radius 1 is 1.35 bits per heavy atom. The second-order valence-corrected chi connectivity index (χ2v) is 7.47. The molecule has 6 heteroatoms. The van der Waals surface area contributed by atoms with Gasteiger partial charge in [-0.05, 0) is 24.7 Å². The van der Waals surface area contributed by atoms with Crippen molar-refractivity contribution in [2.75, 3.05) is 18.8 Å². The van der Waals surface area contributed by atoms with Gasteiger partial charge in [0, 0.05) is 19.5 Å². The van der Waals surface area contributed by atoms with Crippen LogP contribution in [0, 0.1) is 5.41 Å².